The molecule has 0 heterocycles. The molecule has 0 fully saturated rings. The molecule has 0 spiro atoms. The Kier molecular flexibility index (Phi) is 4.36. The molecule has 0 aliphatic carbocycles. The molecule has 0 aliphatic heterocycles. The highest BCUT2D eigenvalue weighted by molar-refractivity contribution is 9.10. The summed E-state index contributed by atoms with van der Waals surface area (Å²) in [5.74, 6) is -0.153. The van der Waals surface area contributed by atoms with E-state index >= 15 is 0 Å². The van der Waals surface area contributed by atoms with Crippen LogP contribution in [0.5, 0.6) is 5.75 Å². The summed E-state index contributed by atoms with van der Waals surface area (Å²) < 4.78 is 0.355. The fourth-order valence-electron chi connectivity index (χ4n) is 1.15. The van der Waals surface area contributed by atoms with E-state index in [2.05, 4.69) is 15.9 Å². The Morgan fingerprint density at radius 2 is 2.00 bits per heavy atom. The van der Waals surface area contributed by atoms with Crippen LogP contribution in [0.15, 0.2) is 16.6 Å². The molecular formula is C9H11BrClNO3. The maximum absolute atomic E-state index is 9.65. The van der Waals surface area contributed by atoms with Crippen molar-refractivity contribution in [3.05, 3.63) is 27.2 Å². The van der Waals surface area contributed by atoms with Crippen LogP contribution in [0.25, 0.3) is 0 Å². The number of phenolic OH excluding ortho intramolecular Hbond substituents is 1. The van der Waals surface area contributed by atoms with Gasteiger partial charge in [-0.1, -0.05) is 11.6 Å². The summed E-state index contributed by atoms with van der Waals surface area (Å²) >= 11 is 8.83. The second-order valence-corrected chi connectivity index (χ2v) is 4.36. The van der Waals surface area contributed by atoms with Crippen LogP contribution in [0, 0.1) is 0 Å². The minimum absolute atomic E-state index is 0.106. The molecule has 0 aromatic heterocycles. The molecule has 2 unspecified atom stereocenters. The molecule has 15 heavy (non-hydrogen) atoms. The minimum atomic E-state index is -1.26. The topological polar surface area (TPSA) is 86.7 Å². The van der Waals surface area contributed by atoms with Crippen LogP contribution in [-0.2, 0) is 0 Å². The van der Waals surface area contributed by atoms with Gasteiger partial charge in [0, 0.05) is 17.1 Å². The van der Waals surface area contributed by atoms with Gasteiger partial charge in [-0.25, -0.2) is 0 Å². The highest BCUT2D eigenvalue weighted by atomic mass is 79.9. The lowest BCUT2D eigenvalue weighted by atomic mass is 10.0. The number of nitrogens with two attached hydrogens (primary N) is 1. The number of aliphatic hydroxyl groups excluding tert-OH is 2. The van der Waals surface area contributed by atoms with E-state index in [-0.39, 0.29) is 17.9 Å². The van der Waals surface area contributed by atoms with E-state index in [0.717, 1.165) is 0 Å². The highest BCUT2D eigenvalue weighted by Crippen LogP contribution is 2.35. The molecule has 0 bridgehead atoms. The number of hydrogen-bond acceptors (Lipinski definition) is 4. The van der Waals surface area contributed by atoms with Crippen molar-refractivity contribution in [2.45, 2.75) is 12.2 Å². The van der Waals surface area contributed by atoms with E-state index in [9.17, 15) is 15.3 Å². The summed E-state index contributed by atoms with van der Waals surface area (Å²) in [5.41, 5.74) is 5.35. The molecule has 0 saturated heterocycles. The van der Waals surface area contributed by atoms with Crippen LogP contribution in [-0.4, -0.2) is 28.0 Å². The standard InChI is InChI=1S/C9H11BrClNO3/c10-6-2-4(11)1-5(8(6)14)9(15)7(13)3-12/h1-2,7,9,13-15H,3,12H2. The van der Waals surface area contributed by atoms with Gasteiger partial charge in [0.1, 0.15) is 11.9 Å². The summed E-state index contributed by atoms with van der Waals surface area (Å²) in [4.78, 5) is 0. The zero-order valence-corrected chi connectivity index (χ0v) is 10.0. The van der Waals surface area contributed by atoms with Crippen LogP contribution < -0.4 is 5.73 Å². The Morgan fingerprint density at radius 3 is 2.53 bits per heavy atom. The first kappa shape index (κ1) is 12.7. The third kappa shape index (κ3) is 2.83. The average Bonchev–Trinajstić information content (AvgIpc) is 2.21. The van der Waals surface area contributed by atoms with Crippen molar-refractivity contribution in [3.8, 4) is 5.75 Å². The predicted molar refractivity (Wildman–Crippen MR) is 60.8 cm³/mol. The van der Waals surface area contributed by atoms with Gasteiger partial charge in [-0.3, -0.25) is 0 Å². The van der Waals surface area contributed by atoms with Crippen molar-refractivity contribution in [1.29, 1.82) is 0 Å². The number of rotatable bonds is 3. The van der Waals surface area contributed by atoms with E-state index in [1.807, 2.05) is 0 Å². The van der Waals surface area contributed by atoms with Gasteiger partial charge in [0.25, 0.3) is 0 Å². The first-order chi connectivity index (χ1) is 6.97. The van der Waals surface area contributed by atoms with E-state index in [0.29, 0.717) is 9.50 Å². The summed E-state index contributed by atoms with van der Waals surface area (Å²) in [6.07, 6.45) is -2.40. The summed E-state index contributed by atoms with van der Waals surface area (Å²) in [6, 6.07) is 2.87. The fourth-order valence-corrected chi connectivity index (χ4v) is 1.98. The largest absolute Gasteiger partial charge is 0.506 e. The Morgan fingerprint density at radius 1 is 1.40 bits per heavy atom. The number of aromatic hydroxyl groups is 1. The monoisotopic (exact) mass is 295 g/mol. The summed E-state index contributed by atoms with van der Waals surface area (Å²) in [6.45, 7) is -0.106. The van der Waals surface area contributed by atoms with Crippen molar-refractivity contribution in [2.24, 2.45) is 5.73 Å². The number of hydrogen-bond donors (Lipinski definition) is 4. The smallest absolute Gasteiger partial charge is 0.135 e. The van der Waals surface area contributed by atoms with Crippen molar-refractivity contribution in [3.63, 3.8) is 0 Å². The quantitative estimate of drug-likeness (QED) is 0.674. The number of benzene rings is 1. The third-order valence-corrected chi connectivity index (χ3v) is 2.80. The molecule has 0 amide bonds. The molecule has 4 nitrogen and oxygen atoms in total. The first-order valence-corrected chi connectivity index (χ1v) is 5.38. The molecule has 84 valence electrons. The van der Waals surface area contributed by atoms with E-state index in [1.54, 1.807) is 0 Å². The van der Waals surface area contributed by atoms with Crippen LogP contribution in [0.1, 0.15) is 11.7 Å². The normalized spacial score (nSPS) is 15.0. The fraction of sp³-hybridized carbons (Fsp3) is 0.333. The van der Waals surface area contributed by atoms with Gasteiger partial charge in [-0.15, -0.1) is 0 Å². The SMILES string of the molecule is NCC(O)C(O)c1cc(Cl)cc(Br)c1O. The van der Waals surface area contributed by atoms with Gasteiger partial charge in [0.05, 0.1) is 10.6 Å². The second kappa shape index (κ2) is 5.14. The lowest BCUT2D eigenvalue weighted by Crippen LogP contribution is -2.27. The molecule has 5 N–H and O–H groups in total. The average molecular weight is 297 g/mol. The van der Waals surface area contributed by atoms with Crippen molar-refractivity contribution >= 4 is 27.5 Å². The van der Waals surface area contributed by atoms with Crippen LogP contribution in [0.4, 0.5) is 0 Å². The Hall–Kier alpha value is -0.330. The van der Waals surface area contributed by atoms with Crippen molar-refractivity contribution < 1.29 is 15.3 Å². The molecule has 2 atom stereocenters. The second-order valence-electron chi connectivity index (χ2n) is 3.07. The molecule has 0 saturated carbocycles. The molecular weight excluding hydrogens is 285 g/mol. The molecule has 1 aromatic rings. The Labute approximate surface area is 100 Å². The Bertz CT molecular complexity index is 361. The molecule has 1 aromatic carbocycles. The predicted octanol–water partition coefficient (Wildman–Crippen LogP) is 1.16. The van der Waals surface area contributed by atoms with Gasteiger partial charge >= 0.3 is 0 Å². The lowest BCUT2D eigenvalue weighted by molar-refractivity contribution is 0.0229. The molecule has 1 rings (SSSR count). The van der Waals surface area contributed by atoms with Crippen molar-refractivity contribution in [2.75, 3.05) is 6.54 Å². The van der Waals surface area contributed by atoms with Crippen LogP contribution in [0.3, 0.4) is 0 Å². The van der Waals surface area contributed by atoms with Gasteiger partial charge in [0.2, 0.25) is 0 Å². The molecule has 0 radical (unpaired) electrons. The molecule has 0 aliphatic rings. The number of phenols is 1. The van der Waals surface area contributed by atoms with E-state index in [1.165, 1.54) is 12.1 Å². The van der Waals surface area contributed by atoms with E-state index < -0.39 is 12.2 Å². The minimum Gasteiger partial charge on any atom is -0.506 e. The number of aliphatic hydroxyl groups is 2. The zero-order chi connectivity index (χ0) is 11.6. The van der Waals surface area contributed by atoms with Gasteiger partial charge in [-0.2, -0.15) is 0 Å². The highest BCUT2D eigenvalue weighted by Gasteiger charge is 2.21. The van der Waals surface area contributed by atoms with Gasteiger partial charge in [0.15, 0.2) is 0 Å². The van der Waals surface area contributed by atoms with Gasteiger partial charge in [-0.05, 0) is 28.1 Å². The maximum atomic E-state index is 9.65. The third-order valence-electron chi connectivity index (χ3n) is 1.98. The number of halogens is 2. The van der Waals surface area contributed by atoms with Crippen molar-refractivity contribution in [1.82, 2.24) is 0 Å². The Balaban J connectivity index is 3.13. The maximum Gasteiger partial charge on any atom is 0.135 e. The lowest BCUT2D eigenvalue weighted by Gasteiger charge is -2.18. The molecule has 6 heteroatoms. The van der Waals surface area contributed by atoms with Crippen LogP contribution >= 0.6 is 27.5 Å². The van der Waals surface area contributed by atoms with Crippen LogP contribution in [0.2, 0.25) is 5.02 Å². The van der Waals surface area contributed by atoms with Gasteiger partial charge < -0.3 is 21.1 Å². The zero-order valence-electron chi connectivity index (χ0n) is 7.69. The summed E-state index contributed by atoms with van der Waals surface area (Å²) in [7, 11) is 0. The van der Waals surface area contributed by atoms with E-state index in [4.69, 9.17) is 17.3 Å². The first-order valence-electron chi connectivity index (χ1n) is 4.21. The summed E-state index contributed by atoms with van der Waals surface area (Å²) in [5, 5.41) is 29.0.